The number of aromatic nitrogens is 3. The van der Waals surface area contributed by atoms with E-state index in [9.17, 15) is 5.11 Å². The fraction of sp³-hybridized carbons (Fsp3) is 0.200. The molecule has 1 N–H and O–H groups in total. The van der Waals surface area contributed by atoms with Crippen LogP contribution in [-0.4, -0.2) is 19.6 Å². The molecule has 0 aliphatic rings. The second-order valence-electron chi connectivity index (χ2n) is 3.06. The van der Waals surface area contributed by atoms with Crippen molar-refractivity contribution in [3.05, 3.63) is 48.8 Å². The molecule has 0 unspecified atom stereocenters. The van der Waals surface area contributed by atoms with E-state index >= 15 is 0 Å². The molecule has 2 aromatic rings. The number of aliphatic hydroxyl groups is 1. The highest BCUT2D eigenvalue weighted by molar-refractivity contribution is 5.11. The number of hydrogen-bond acceptors (Lipinski definition) is 3. The summed E-state index contributed by atoms with van der Waals surface area (Å²) in [6, 6.07) is 3.67. The highest BCUT2D eigenvalue weighted by Crippen LogP contribution is 2.12. The number of pyridine rings is 1. The maximum Gasteiger partial charge on any atom is 0.0984 e. The van der Waals surface area contributed by atoms with E-state index in [1.807, 2.05) is 22.9 Å². The molecule has 0 fully saturated rings. The number of imidazole rings is 1. The Morgan fingerprint density at radius 2 is 2.29 bits per heavy atom. The molecule has 4 nitrogen and oxygen atoms in total. The molecule has 72 valence electrons. The van der Waals surface area contributed by atoms with Gasteiger partial charge in [0.25, 0.3) is 0 Å². The van der Waals surface area contributed by atoms with E-state index in [1.165, 1.54) is 0 Å². The van der Waals surface area contributed by atoms with E-state index in [0.29, 0.717) is 6.54 Å². The first-order valence-corrected chi connectivity index (χ1v) is 4.40. The Kier molecular flexibility index (Phi) is 2.55. The summed E-state index contributed by atoms with van der Waals surface area (Å²) < 4.78 is 1.83. The Labute approximate surface area is 81.9 Å². The topological polar surface area (TPSA) is 50.9 Å². The summed E-state index contributed by atoms with van der Waals surface area (Å²) in [5.41, 5.74) is 0.821. The van der Waals surface area contributed by atoms with Crippen LogP contribution in [0, 0.1) is 0 Å². The molecule has 2 aromatic heterocycles. The van der Waals surface area contributed by atoms with Crippen LogP contribution in [0.25, 0.3) is 0 Å². The van der Waals surface area contributed by atoms with Crippen LogP contribution < -0.4 is 0 Å². The molecular formula is C10H11N3O. The third-order valence-electron chi connectivity index (χ3n) is 2.01. The molecule has 0 spiro atoms. The van der Waals surface area contributed by atoms with Crippen LogP contribution in [0.3, 0.4) is 0 Å². The van der Waals surface area contributed by atoms with Gasteiger partial charge in [-0.2, -0.15) is 0 Å². The van der Waals surface area contributed by atoms with Gasteiger partial charge in [0, 0.05) is 30.4 Å². The molecule has 14 heavy (non-hydrogen) atoms. The van der Waals surface area contributed by atoms with Gasteiger partial charge >= 0.3 is 0 Å². The van der Waals surface area contributed by atoms with Gasteiger partial charge in [0.15, 0.2) is 0 Å². The molecule has 0 bridgehead atoms. The van der Waals surface area contributed by atoms with E-state index in [2.05, 4.69) is 9.97 Å². The summed E-state index contributed by atoms with van der Waals surface area (Å²) in [5, 5.41) is 9.80. The van der Waals surface area contributed by atoms with Gasteiger partial charge in [0.1, 0.15) is 0 Å². The minimum Gasteiger partial charge on any atom is -0.386 e. The third kappa shape index (κ3) is 1.97. The molecule has 2 rings (SSSR count). The van der Waals surface area contributed by atoms with Crippen molar-refractivity contribution < 1.29 is 5.11 Å². The standard InChI is InChI=1S/C10H11N3O/c14-10(7-13-5-4-12-8-13)9-2-1-3-11-6-9/h1-6,8,10,14H,7H2/t10-/m0/s1. The summed E-state index contributed by atoms with van der Waals surface area (Å²) >= 11 is 0. The Morgan fingerprint density at radius 1 is 1.36 bits per heavy atom. The molecule has 0 saturated carbocycles. The number of hydrogen-bond donors (Lipinski definition) is 1. The minimum atomic E-state index is -0.530. The molecular weight excluding hydrogens is 178 g/mol. The highest BCUT2D eigenvalue weighted by atomic mass is 16.3. The Bertz CT molecular complexity index is 372. The first kappa shape index (κ1) is 8.90. The normalized spacial score (nSPS) is 12.6. The summed E-state index contributed by atoms with van der Waals surface area (Å²) in [5.74, 6) is 0. The highest BCUT2D eigenvalue weighted by Gasteiger charge is 2.07. The van der Waals surface area contributed by atoms with Gasteiger partial charge in [-0.15, -0.1) is 0 Å². The van der Waals surface area contributed by atoms with E-state index < -0.39 is 6.10 Å². The molecule has 0 aromatic carbocycles. The van der Waals surface area contributed by atoms with Gasteiger partial charge in [0.05, 0.1) is 19.0 Å². The van der Waals surface area contributed by atoms with E-state index in [1.54, 1.807) is 24.9 Å². The zero-order valence-corrected chi connectivity index (χ0v) is 7.61. The van der Waals surface area contributed by atoms with Gasteiger partial charge in [-0.05, 0) is 6.07 Å². The van der Waals surface area contributed by atoms with Crippen LogP contribution >= 0.6 is 0 Å². The number of aliphatic hydroxyl groups excluding tert-OH is 1. The number of rotatable bonds is 3. The summed E-state index contributed by atoms with van der Waals surface area (Å²) in [7, 11) is 0. The van der Waals surface area contributed by atoms with Crippen LogP contribution in [0.1, 0.15) is 11.7 Å². The Balaban J connectivity index is 2.07. The SMILES string of the molecule is O[C@@H](Cn1ccnc1)c1cccnc1. The van der Waals surface area contributed by atoms with Gasteiger partial charge < -0.3 is 9.67 Å². The Morgan fingerprint density at radius 3 is 2.93 bits per heavy atom. The average molecular weight is 189 g/mol. The largest absolute Gasteiger partial charge is 0.386 e. The van der Waals surface area contributed by atoms with Gasteiger partial charge in [-0.1, -0.05) is 6.07 Å². The van der Waals surface area contributed by atoms with Crippen molar-refractivity contribution in [3.63, 3.8) is 0 Å². The summed E-state index contributed by atoms with van der Waals surface area (Å²) in [6.07, 6.45) is 8.02. The van der Waals surface area contributed by atoms with Crippen molar-refractivity contribution in [1.82, 2.24) is 14.5 Å². The second-order valence-corrected chi connectivity index (χ2v) is 3.06. The quantitative estimate of drug-likeness (QED) is 0.784. The van der Waals surface area contributed by atoms with Crippen LogP contribution in [0.2, 0.25) is 0 Å². The summed E-state index contributed by atoms with van der Waals surface area (Å²) in [4.78, 5) is 7.86. The molecule has 2 heterocycles. The maximum absolute atomic E-state index is 9.80. The predicted molar refractivity (Wildman–Crippen MR) is 51.4 cm³/mol. The lowest BCUT2D eigenvalue weighted by molar-refractivity contribution is 0.156. The monoisotopic (exact) mass is 189 g/mol. The van der Waals surface area contributed by atoms with E-state index in [4.69, 9.17) is 0 Å². The van der Waals surface area contributed by atoms with Crippen molar-refractivity contribution in [1.29, 1.82) is 0 Å². The van der Waals surface area contributed by atoms with Crippen molar-refractivity contribution in [2.45, 2.75) is 12.6 Å². The molecule has 0 aliphatic heterocycles. The third-order valence-corrected chi connectivity index (χ3v) is 2.01. The van der Waals surface area contributed by atoms with Crippen molar-refractivity contribution in [2.24, 2.45) is 0 Å². The first-order valence-electron chi connectivity index (χ1n) is 4.40. The lowest BCUT2D eigenvalue weighted by atomic mass is 10.1. The lowest BCUT2D eigenvalue weighted by Crippen LogP contribution is -2.07. The second kappa shape index (κ2) is 4.02. The van der Waals surface area contributed by atoms with Crippen LogP contribution in [0.15, 0.2) is 43.2 Å². The van der Waals surface area contributed by atoms with Crippen molar-refractivity contribution in [2.75, 3.05) is 0 Å². The average Bonchev–Trinajstić information content (AvgIpc) is 2.72. The first-order chi connectivity index (χ1) is 6.86. The van der Waals surface area contributed by atoms with Crippen molar-refractivity contribution >= 4 is 0 Å². The molecule has 0 saturated heterocycles. The van der Waals surface area contributed by atoms with Crippen LogP contribution in [-0.2, 0) is 6.54 Å². The Hall–Kier alpha value is -1.68. The fourth-order valence-electron chi connectivity index (χ4n) is 1.27. The zero-order valence-electron chi connectivity index (χ0n) is 7.61. The fourth-order valence-corrected chi connectivity index (χ4v) is 1.27. The van der Waals surface area contributed by atoms with Crippen molar-refractivity contribution in [3.8, 4) is 0 Å². The molecule has 0 radical (unpaired) electrons. The lowest BCUT2D eigenvalue weighted by Gasteiger charge is -2.10. The van der Waals surface area contributed by atoms with Crippen LogP contribution in [0.5, 0.6) is 0 Å². The molecule has 4 heteroatoms. The van der Waals surface area contributed by atoms with Gasteiger partial charge in [0.2, 0.25) is 0 Å². The molecule has 0 amide bonds. The number of nitrogens with zero attached hydrogens (tertiary/aromatic N) is 3. The summed E-state index contributed by atoms with van der Waals surface area (Å²) in [6.45, 7) is 0.506. The molecule has 1 atom stereocenters. The molecule has 0 aliphatic carbocycles. The van der Waals surface area contributed by atoms with Gasteiger partial charge in [-0.3, -0.25) is 4.98 Å². The minimum absolute atomic E-state index is 0.506. The van der Waals surface area contributed by atoms with E-state index in [-0.39, 0.29) is 0 Å². The maximum atomic E-state index is 9.80. The van der Waals surface area contributed by atoms with E-state index in [0.717, 1.165) is 5.56 Å². The van der Waals surface area contributed by atoms with Crippen LogP contribution in [0.4, 0.5) is 0 Å². The predicted octanol–water partition coefficient (Wildman–Crippen LogP) is 1.01. The smallest absolute Gasteiger partial charge is 0.0984 e. The van der Waals surface area contributed by atoms with Gasteiger partial charge in [-0.25, -0.2) is 4.98 Å². The zero-order chi connectivity index (χ0) is 9.80.